The van der Waals surface area contributed by atoms with Crippen LogP contribution < -0.4 is 10.1 Å². The quantitative estimate of drug-likeness (QED) is 0.407. The van der Waals surface area contributed by atoms with Gasteiger partial charge in [-0.05, 0) is 23.3 Å². The van der Waals surface area contributed by atoms with E-state index in [1.807, 2.05) is 36.4 Å². The maximum atomic E-state index is 11.5. The van der Waals surface area contributed by atoms with Gasteiger partial charge in [0.25, 0.3) is 5.69 Å². The van der Waals surface area contributed by atoms with Crippen LogP contribution in [0.25, 0.3) is 11.1 Å². The summed E-state index contributed by atoms with van der Waals surface area (Å²) in [6, 6.07) is 17.4. The molecule has 7 heteroatoms. The number of carboxylic acids is 1. The number of aromatic carboxylic acids is 1. The SMILES string of the molecule is O=C(O)c1cc([N+](=O)[O-])cc2c1Nc1ccc(-c3ccccc3)cc1O2. The van der Waals surface area contributed by atoms with Gasteiger partial charge in [0.15, 0.2) is 11.5 Å². The Labute approximate surface area is 147 Å². The zero-order chi connectivity index (χ0) is 18.3. The number of carbonyl (C=O) groups is 1. The van der Waals surface area contributed by atoms with E-state index in [4.69, 9.17) is 4.74 Å². The van der Waals surface area contributed by atoms with E-state index in [1.165, 1.54) is 6.07 Å². The van der Waals surface area contributed by atoms with Crippen molar-refractivity contribution in [3.63, 3.8) is 0 Å². The molecule has 128 valence electrons. The summed E-state index contributed by atoms with van der Waals surface area (Å²) < 4.78 is 5.79. The molecule has 2 N–H and O–H groups in total. The van der Waals surface area contributed by atoms with Crippen LogP contribution in [0, 0.1) is 10.1 Å². The van der Waals surface area contributed by atoms with Crippen LogP contribution in [0.4, 0.5) is 17.1 Å². The molecule has 3 aromatic carbocycles. The van der Waals surface area contributed by atoms with Gasteiger partial charge in [-0.1, -0.05) is 36.4 Å². The Morgan fingerprint density at radius 2 is 1.77 bits per heavy atom. The van der Waals surface area contributed by atoms with Crippen molar-refractivity contribution in [2.24, 2.45) is 0 Å². The first-order valence-corrected chi connectivity index (χ1v) is 7.73. The Bertz CT molecular complexity index is 1050. The molecule has 0 aromatic heterocycles. The van der Waals surface area contributed by atoms with Gasteiger partial charge in [-0.25, -0.2) is 4.79 Å². The molecule has 0 atom stereocenters. The third-order valence-corrected chi connectivity index (χ3v) is 4.10. The number of carboxylic acid groups (broad SMARTS) is 1. The molecule has 0 bridgehead atoms. The highest BCUT2D eigenvalue weighted by atomic mass is 16.6. The van der Waals surface area contributed by atoms with Gasteiger partial charge in [-0.15, -0.1) is 0 Å². The number of rotatable bonds is 3. The lowest BCUT2D eigenvalue weighted by Gasteiger charge is -2.23. The average Bonchev–Trinajstić information content (AvgIpc) is 2.65. The number of nitrogens with zero attached hydrogens (tertiary/aromatic N) is 1. The highest BCUT2D eigenvalue weighted by molar-refractivity contribution is 5.99. The summed E-state index contributed by atoms with van der Waals surface area (Å²) in [5.74, 6) is -0.699. The van der Waals surface area contributed by atoms with E-state index in [-0.39, 0.29) is 22.7 Å². The van der Waals surface area contributed by atoms with Crippen molar-refractivity contribution in [3.05, 3.63) is 76.3 Å². The van der Waals surface area contributed by atoms with Gasteiger partial charge in [-0.2, -0.15) is 0 Å². The summed E-state index contributed by atoms with van der Waals surface area (Å²) in [5.41, 5.74) is 2.14. The number of nitrogens with one attached hydrogen (secondary N) is 1. The van der Waals surface area contributed by atoms with Crippen LogP contribution in [0.3, 0.4) is 0 Å². The van der Waals surface area contributed by atoms with E-state index in [9.17, 15) is 20.0 Å². The molecule has 7 nitrogen and oxygen atoms in total. The Morgan fingerprint density at radius 1 is 1.00 bits per heavy atom. The van der Waals surface area contributed by atoms with E-state index in [1.54, 1.807) is 12.1 Å². The number of fused-ring (bicyclic) bond motifs is 2. The first-order chi connectivity index (χ1) is 12.5. The molecule has 26 heavy (non-hydrogen) atoms. The average molecular weight is 348 g/mol. The number of anilines is 2. The minimum absolute atomic E-state index is 0.106. The Balaban J connectivity index is 1.80. The molecule has 0 amide bonds. The molecule has 1 heterocycles. The van der Waals surface area contributed by atoms with Gasteiger partial charge in [0.2, 0.25) is 0 Å². The second kappa shape index (κ2) is 5.89. The molecule has 3 aromatic rings. The molecule has 0 saturated heterocycles. The first kappa shape index (κ1) is 15.6. The van der Waals surface area contributed by atoms with Gasteiger partial charge in [0.1, 0.15) is 0 Å². The minimum Gasteiger partial charge on any atom is -0.478 e. The number of ether oxygens (including phenoxy) is 1. The van der Waals surface area contributed by atoms with Gasteiger partial charge < -0.3 is 15.2 Å². The molecule has 1 aliphatic rings. The molecule has 0 radical (unpaired) electrons. The fraction of sp³-hybridized carbons (Fsp3) is 0. The predicted octanol–water partition coefficient (Wildman–Crippen LogP) is 4.81. The van der Waals surface area contributed by atoms with Crippen LogP contribution >= 0.6 is 0 Å². The lowest BCUT2D eigenvalue weighted by molar-refractivity contribution is -0.384. The van der Waals surface area contributed by atoms with E-state index in [0.717, 1.165) is 17.2 Å². The lowest BCUT2D eigenvalue weighted by atomic mass is 10.0. The molecule has 0 spiro atoms. The molecule has 0 aliphatic carbocycles. The van der Waals surface area contributed by atoms with Crippen LogP contribution in [0.15, 0.2) is 60.7 Å². The van der Waals surface area contributed by atoms with Crippen molar-refractivity contribution < 1.29 is 19.6 Å². The number of benzene rings is 3. The molecular weight excluding hydrogens is 336 g/mol. The second-order valence-corrected chi connectivity index (χ2v) is 5.73. The topological polar surface area (TPSA) is 102 Å². The van der Waals surface area contributed by atoms with E-state index in [2.05, 4.69) is 5.32 Å². The summed E-state index contributed by atoms with van der Waals surface area (Å²) in [7, 11) is 0. The van der Waals surface area contributed by atoms with Gasteiger partial charge in [-0.3, -0.25) is 10.1 Å². The monoisotopic (exact) mass is 348 g/mol. The zero-order valence-corrected chi connectivity index (χ0v) is 13.3. The summed E-state index contributed by atoms with van der Waals surface area (Å²) in [4.78, 5) is 21.9. The first-order valence-electron chi connectivity index (χ1n) is 7.73. The lowest BCUT2D eigenvalue weighted by Crippen LogP contribution is -2.10. The van der Waals surface area contributed by atoms with Crippen molar-refractivity contribution in [2.45, 2.75) is 0 Å². The summed E-state index contributed by atoms with van der Waals surface area (Å²) in [6.45, 7) is 0. The highest BCUT2D eigenvalue weighted by Crippen LogP contribution is 2.46. The normalized spacial score (nSPS) is 11.5. The minimum atomic E-state index is -1.27. The van der Waals surface area contributed by atoms with Crippen molar-refractivity contribution in [1.82, 2.24) is 0 Å². The number of hydrogen-bond acceptors (Lipinski definition) is 5. The molecular formula is C19H12N2O5. The molecule has 0 unspecified atom stereocenters. The van der Waals surface area contributed by atoms with Crippen LogP contribution in [0.5, 0.6) is 11.5 Å². The fourth-order valence-corrected chi connectivity index (χ4v) is 2.86. The number of hydrogen-bond donors (Lipinski definition) is 2. The maximum Gasteiger partial charge on any atom is 0.338 e. The molecule has 1 aliphatic heterocycles. The number of nitro groups is 1. The van der Waals surface area contributed by atoms with Gasteiger partial charge in [0.05, 0.1) is 27.9 Å². The number of non-ortho nitro benzene ring substituents is 1. The smallest absolute Gasteiger partial charge is 0.338 e. The summed E-state index contributed by atoms with van der Waals surface area (Å²) in [5, 5.41) is 23.5. The maximum absolute atomic E-state index is 11.5. The molecule has 0 fully saturated rings. The van der Waals surface area contributed by atoms with Crippen LogP contribution in [-0.4, -0.2) is 16.0 Å². The summed E-state index contributed by atoms with van der Waals surface area (Å²) in [6.07, 6.45) is 0. The number of nitro benzene ring substituents is 1. The van der Waals surface area contributed by atoms with E-state index >= 15 is 0 Å². The fourth-order valence-electron chi connectivity index (χ4n) is 2.86. The van der Waals surface area contributed by atoms with Crippen LogP contribution in [-0.2, 0) is 0 Å². The standard InChI is InChI=1S/C19H12N2O5/c22-19(23)14-9-13(21(24)25)10-17-18(14)20-15-7-6-12(8-16(15)26-17)11-4-2-1-3-5-11/h1-10,20H,(H,22,23). The largest absolute Gasteiger partial charge is 0.478 e. The van der Waals surface area contributed by atoms with Crippen LogP contribution in [0.1, 0.15) is 10.4 Å². The Kier molecular flexibility index (Phi) is 3.54. The van der Waals surface area contributed by atoms with Gasteiger partial charge in [0, 0.05) is 6.07 Å². The molecule has 4 rings (SSSR count). The molecule has 0 saturated carbocycles. The third-order valence-electron chi connectivity index (χ3n) is 4.10. The van der Waals surface area contributed by atoms with Crippen molar-refractivity contribution in [2.75, 3.05) is 5.32 Å². The van der Waals surface area contributed by atoms with Crippen molar-refractivity contribution in [3.8, 4) is 22.6 Å². The van der Waals surface area contributed by atoms with E-state index < -0.39 is 10.9 Å². The predicted molar refractivity (Wildman–Crippen MR) is 95.3 cm³/mol. The van der Waals surface area contributed by atoms with Crippen molar-refractivity contribution in [1.29, 1.82) is 0 Å². The summed E-state index contributed by atoms with van der Waals surface area (Å²) >= 11 is 0. The zero-order valence-electron chi connectivity index (χ0n) is 13.3. The Morgan fingerprint density at radius 3 is 2.46 bits per heavy atom. The second-order valence-electron chi connectivity index (χ2n) is 5.73. The third kappa shape index (κ3) is 2.61. The highest BCUT2D eigenvalue weighted by Gasteiger charge is 2.26. The van der Waals surface area contributed by atoms with Crippen LogP contribution in [0.2, 0.25) is 0 Å². The van der Waals surface area contributed by atoms with E-state index in [0.29, 0.717) is 11.4 Å². The Hall–Kier alpha value is -3.87. The van der Waals surface area contributed by atoms with Crippen molar-refractivity contribution >= 4 is 23.0 Å². The van der Waals surface area contributed by atoms with Gasteiger partial charge >= 0.3 is 5.97 Å².